The molecule has 0 bridgehead atoms. The molecule has 2 aliphatic rings. The van der Waals surface area contributed by atoms with Crippen molar-refractivity contribution in [1.82, 2.24) is 15.3 Å². The van der Waals surface area contributed by atoms with Crippen molar-refractivity contribution >= 4 is 11.8 Å². The SMILES string of the molecule is NC(=O)CCN1C=CN2NC(c3ccc(F)cc3)CC2C1=O. The predicted octanol–water partition coefficient (Wildman–Crippen LogP) is 0.634. The molecular weight excluding hydrogens is 287 g/mol. The van der Waals surface area contributed by atoms with Gasteiger partial charge in [-0.2, -0.15) is 0 Å². The Morgan fingerprint density at radius 1 is 1.32 bits per heavy atom. The lowest BCUT2D eigenvalue weighted by atomic mass is 10.0. The quantitative estimate of drug-likeness (QED) is 0.855. The van der Waals surface area contributed by atoms with Gasteiger partial charge in [0.25, 0.3) is 5.91 Å². The molecule has 1 saturated heterocycles. The second kappa shape index (κ2) is 5.76. The molecule has 6 nitrogen and oxygen atoms in total. The Labute approximate surface area is 127 Å². The van der Waals surface area contributed by atoms with Crippen molar-refractivity contribution in [3.8, 4) is 0 Å². The highest BCUT2D eigenvalue weighted by Gasteiger charge is 2.39. The molecule has 0 radical (unpaired) electrons. The summed E-state index contributed by atoms with van der Waals surface area (Å²) in [5.74, 6) is -0.786. The van der Waals surface area contributed by atoms with E-state index in [0.29, 0.717) is 6.42 Å². The van der Waals surface area contributed by atoms with Gasteiger partial charge < -0.3 is 15.6 Å². The average Bonchev–Trinajstić information content (AvgIpc) is 2.92. The van der Waals surface area contributed by atoms with Crippen LogP contribution in [0.25, 0.3) is 0 Å². The van der Waals surface area contributed by atoms with Gasteiger partial charge in [0.05, 0.1) is 6.04 Å². The zero-order valence-electron chi connectivity index (χ0n) is 11.9. The first kappa shape index (κ1) is 14.5. The fourth-order valence-corrected chi connectivity index (χ4v) is 2.76. The second-order valence-electron chi connectivity index (χ2n) is 5.44. The molecule has 0 spiro atoms. The van der Waals surface area contributed by atoms with Crippen LogP contribution in [0.2, 0.25) is 0 Å². The molecule has 2 aliphatic heterocycles. The number of hydrazine groups is 1. The van der Waals surface area contributed by atoms with E-state index in [-0.39, 0.29) is 36.8 Å². The van der Waals surface area contributed by atoms with Crippen LogP contribution >= 0.6 is 0 Å². The molecule has 0 aliphatic carbocycles. The minimum atomic E-state index is -0.433. The number of hydrogen-bond acceptors (Lipinski definition) is 4. The number of nitrogens with one attached hydrogen (secondary N) is 1. The molecule has 0 saturated carbocycles. The summed E-state index contributed by atoms with van der Waals surface area (Å²) in [5.41, 5.74) is 9.28. The Bertz CT molecular complexity index is 616. The monoisotopic (exact) mass is 304 g/mol. The molecule has 116 valence electrons. The van der Waals surface area contributed by atoms with E-state index < -0.39 is 5.91 Å². The molecule has 2 unspecified atom stereocenters. The first-order valence-electron chi connectivity index (χ1n) is 7.11. The molecule has 1 aromatic rings. The summed E-state index contributed by atoms with van der Waals surface area (Å²) in [6.45, 7) is 0.288. The van der Waals surface area contributed by atoms with Gasteiger partial charge in [0.15, 0.2) is 0 Å². The number of primary amides is 1. The van der Waals surface area contributed by atoms with Crippen LogP contribution < -0.4 is 11.2 Å². The summed E-state index contributed by atoms with van der Waals surface area (Å²) < 4.78 is 13.0. The maximum atomic E-state index is 13.0. The van der Waals surface area contributed by atoms with Crippen molar-refractivity contribution in [3.05, 3.63) is 48.0 Å². The number of amides is 2. The highest BCUT2D eigenvalue weighted by atomic mass is 19.1. The smallest absolute Gasteiger partial charge is 0.250 e. The molecule has 2 atom stereocenters. The van der Waals surface area contributed by atoms with E-state index in [2.05, 4.69) is 5.43 Å². The van der Waals surface area contributed by atoms with E-state index in [1.54, 1.807) is 29.5 Å². The minimum absolute atomic E-state index is 0.0460. The van der Waals surface area contributed by atoms with Crippen LogP contribution in [-0.4, -0.2) is 34.3 Å². The zero-order valence-corrected chi connectivity index (χ0v) is 11.9. The standard InChI is InChI=1S/C15H17FN4O2/c16-11-3-1-10(2-4-11)12-9-13-15(22)19(6-5-14(17)21)7-8-20(13)18-12/h1-4,7-8,12-13,18H,5-6,9H2,(H2,17,21). The van der Waals surface area contributed by atoms with Crippen LogP contribution in [-0.2, 0) is 9.59 Å². The van der Waals surface area contributed by atoms with Gasteiger partial charge in [-0.1, -0.05) is 12.1 Å². The van der Waals surface area contributed by atoms with E-state index >= 15 is 0 Å². The summed E-state index contributed by atoms with van der Waals surface area (Å²) in [7, 11) is 0. The fraction of sp³-hybridized carbons (Fsp3) is 0.333. The van der Waals surface area contributed by atoms with Crippen molar-refractivity contribution in [2.24, 2.45) is 5.73 Å². The number of rotatable bonds is 4. The molecule has 2 amide bonds. The minimum Gasteiger partial charge on any atom is -0.370 e. The van der Waals surface area contributed by atoms with Crippen molar-refractivity contribution in [3.63, 3.8) is 0 Å². The molecule has 3 N–H and O–H groups in total. The third-order valence-electron chi connectivity index (χ3n) is 3.95. The highest BCUT2D eigenvalue weighted by Crippen LogP contribution is 2.30. The number of carbonyl (C=O) groups is 2. The van der Waals surface area contributed by atoms with Crippen molar-refractivity contribution in [1.29, 1.82) is 0 Å². The van der Waals surface area contributed by atoms with Crippen molar-refractivity contribution in [2.75, 3.05) is 6.54 Å². The number of benzene rings is 1. The van der Waals surface area contributed by atoms with Crippen LogP contribution in [0.15, 0.2) is 36.7 Å². The van der Waals surface area contributed by atoms with Crippen molar-refractivity contribution < 1.29 is 14.0 Å². The first-order chi connectivity index (χ1) is 10.5. The lowest BCUT2D eigenvalue weighted by Gasteiger charge is -2.31. The first-order valence-corrected chi connectivity index (χ1v) is 7.11. The summed E-state index contributed by atoms with van der Waals surface area (Å²) in [6, 6.07) is 5.87. The number of carbonyl (C=O) groups excluding carboxylic acids is 2. The Kier molecular flexibility index (Phi) is 3.81. The molecule has 0 aromatic heterocycles. The van der Waals surface area contributed by atoms with E-state index in [1.165, 1.54) is 17.0 Å². The van der Waals surface area contributed by atoms with E-state index in [0.717, 1.165) is 5.56 Å². The van der Waals surface area contributed by atoms with Gasteiger partial charge in [-0.05, 0) is 24.1 Å². The Hall–Kier alpha value is -2.41. The van der Waals surface area contributed by atoms with Crippen molar-refractivity contribution in [2.45, 2.75) is 24.9 Å². The van der Waals surface area contributed by atoms with Crippen LogP contribution in [0.4, 0.5) is 4.39 Å². The number of halogens is 1. The Balaban J connectivity index is 1.69. The molecular formula is C15H17FN4O2. The van der Waals surface area contributed by atoms with Gasteiger partial charge in [0, 0.05) is 25.4 Å². The van der Waals surface area contributed by atoms with E-state index in [4.69, 9.17) is 5.73 Å². The average molecular weight is 304 g/mol. The number of hydrogen-bond donors (Lipinski definition) is 2. The van der Waals surface area contributed by atoms with Gasteiger partial charge >= 0.3 is 0 Å². The Morgan fingerprint density at radius 2 is 2.05 bits per heavy atom. The second-order valence-corrected chi connectivity index (χ2v) is 5.44. The van der Waals surface area contributed by atoms with Gasteiger partial charge in [-0.25, -0.2) is 9.82 Å². The summed E-state index contributed by atoms with van der Waals surface area (Å²) >= 11 is 0. The maximum Gasteiger partial charge on any atom is 0.250 e. The predicted molar refractivity (Wildman–Crippen MR) is 77.2 cm³/mol. The molecule has 2 heterocycles. The van der Waals surface area contributed by atoms with Gasteiger partial charge in [-0.3, -0.25) is 9.59 Å². The molecule has 22 heavy (non-hydrogen) atoms. The third-order valence-corrected chi connectivity index (χ3v) is 3.95. The lowest BCUT2D eigenvalue weighted by Crippen LogP contribution is -2.48. The van der Waals surface area contributed by atoms with Crippen LogP contribution in [0.3, 0.4) is 0 Å². The fourth-order valence-electron chi connectivity index (χ4n) is 2.76. The van der Waals surface area contributed by atoms with Gasteiger partial charge in [0.1, 0.15) is 11.9 Å². The number of nitrogens with zero attached hydrogens (tertiary/aromatic N) is 2. The molecule has 3 rings (SSSR count). The van der Waals surface area contributed by atoms with Crippen LogP contribution in [0.1, 0.15) is 24.4 Å². The molecule has 1 aromatic carbocycles. The van der Waals surface area contributed by atoms with Crippen LogP contribution in [0.5, 0.6) is 0 Å². The lowest BCUT2D eigenvalue weighted by molar-refractivity contribution is -0.134. The molecule has 1 fully saturated rings. The largest absolute Gasteiger partial charge is 0.370 e. The highest BCUT2D eigenvalue weighted by molar-refractivity contribution is 5.85. The topological polar surface area (TPSA) is 78.7 Å². The van der Waals surface area contributed by atoms with E-state index in [9.17, 15) is 14.0 Å². The zero-order chi connectivity index (χ0) is 15.7. The Morgan fingerprint density at radius 3 is 2.73 bits per heavy atom. The van der Waals surface area contributed by atoms with Gasteiger partial charge in [-0.15, -0.1) is 0 Å². The van der Waals surface area contributed by atoms with Crippen LogP contribution in [0, 0.1) is 5.82 Å². The van der Waals surface area contributed by atoms with Gasteiger partial charge in [0.2, 0.25) is 5.91 Å². The maximum absolute atomic E-state index is 13.0. The summed E-state index contributed by atoms with van der Waals surface area (Å²) in [5, 5.41) is 1.76. The summed E-state index contributed by atoms with van der Waals surface area (Å²) in [6.07, 6.45) is 4.14. The van der Waals surface area contributed by atoms with E-state index in [1.807, 2.05) is 0 Å². The number of nitrogens with two attached hydrogens (primary N) is 1. The normalized spacial score (nSPS) is 23.8. The summed E-state index contributed by atoms with van der Waals surface area (Å²) in [4.78, 5) is 24.8. The molecule has 7 heteroatoms. The third kappa shape index (κ3) is 2.80. The number of fused-ring (bicyclic) bond motifs is 1.